The Kier molecular flexibility index (Phi) is 1.92. The number of anilines is 1. The van der Waals surface area contributed by atoms with Gasteiger partial charge in [-0.15, -0.1) is 0 Å². The minimum absolute atomic E-state index is 0.692. The summed E-state index contributed by atoms with van der Waals surface area (Å²) in [7, 11) is 1.77. The van der Waals surface area contributed by atoms with Crippen molar-refractivity contribution < 1.29 is 0 Å². The lowest BCUT2D eigenvalue weighted by atomic mass is 10.2. The number of rotatable bonds is 1. The zero-order valence-corrected chi connectivity index (χ0v) is 8.10. The van der Waals surface area contributed by atoms with E-state index in [9.17, 15) is 0 Å². The summed E-state index contributed by atoms with van der Waals surface area (Å²) in [6.07, 6.45) is 1.68. The van der Waals surface area contributed by atoms with E-state index in [0.29, 0.717) is 5.69 Å². The van der Waals surface area contributed by atoms with Crippen LogP contribution in [0, 0.1) is 6.92 Å². The van der Waals surface area contributed by atoms with Gasteiger partial charge in [-0.05, 0) is 19.1 Å². The first-order valence-corrected chi connectivity index (χ1v) is 4.26. The van der Waals surface area contributed by atoms with Crippen molar-refractivity contribution >= 4 is 5.69 Å². The summed E-state index contributed by atoms with van der Waals surface area (Å²) in [5, 5.41) is 8.13. The number of hydrogen-bond acceptors (Lipinski definition) is 4. The molecule has 0 aliphatic carbocycles. The predicted molar refractivity (Wildman–Crippen MR) is 53.4 cm³/mol. The third-order valence-corrected chi connectivity index (χ3v) is 1.99. The molecular weight excluding hydrogens is 178 g/mol. The highest BCUT2D eigenvalue weighted by Gasteiger charge is 2.04. The van der Waals surface area contributed by atoms with Gasteiger partial charge in [0.05, 0.1) is 23.3 Å². The quantitative estimate of drug-likeness (QED) is 0.719. The van der Waals surface area contributed by atoms with E-state index in [1.807, 2.05) is 19.1 Å². The topological polar surface area (TPSA) is 69.6 Å². The average molecular weight is 189 g/mol. The number of pyridine rings is 1. The van der Waals surface area contributed by atoms with Crippen LogP contribution in [0.5, 0.6) is 0 Å². The van der Waals surface area contributed by atoms with Crippen molar-refractivity contribution in [3.8, 4) is 11.4 Å². The molecule has 0 fully saturated rings. The zero-order valence-electron chi connectivity index (χ0n) is 8.10. The molecule has 2 aromatic rings. The fraction of sp³-hybridized carbons (Fsp3) is 0.222. The molecule has 0 bridgehead atoms. The van der Waals surface area contributed by atoms with E-state index in [2.05, 4.69) is 15.2 Å². The van der Waals surface area contributed by atoms with Crippen LogP contribution in [0.1, 0.15) is 5.69 Å². The predicted octanol–water partition coefficient (Wildman–Crippen LogP) is 0.768. The van der Waals surface area contributed by atoms with Crippen LogP contribution in [0.25, 0.3) is 11.4 Å². The molecule has 5 nitrogen and oxygen atoms in total. The van der Waals surface area contributed by atoms with Gasteiger partial charge in [0.25, 0.3) is 0 Å². The van der Waals surface area contributed by atoms with Gasteiger partial charge >= 0.3 is 0 Å². The monoisotopic (exact) mass is 189 g/mol. The maximum Gasteiger partial charge on any atom is 0.131 e. The molecule has 0 radical (unpaired) electrons. The molecular formula is C9H11N5. The van der Waals surface area contributed by atoms with E-state index in [1.165, 1.54) is 4.80 Å². The first kappa shape index (κ1) is 8.68. The highest BCUT2D eigenvalue weighted by atomic mass is 15.4. The van der Waals surface area contributed by atoms with Gasteiger partial charge in [-0.1, -0.05) is 0 Å². The minimum atomic E-state index is 0.692. The third kappa shape index (κ3) is 1.44. The molecule has 2 rings (SSSR count). The molecule has 0 amide bonds. The molecule has 2 heterocycles. The maximum atomic E-state index is 5.67. The van der Waals surface area contributed by atoms with Gasteiger partial charge in [-0.3, -0.25) is 0 Å². The number of nitrogens with zero attached hydrogens (tertiary/aromatic N) is 4. The van der Waals surface area contributed by atoms with Gasteiger partial charge in [0.15, 0.2) is 0 Å². The summed E-state index contributed by atoms with van der Waals surface area (Å²) >= 11 is 0. The molecule has 14 heavy (non-hydrogen) atoms. The van der Waals surface area contributed by atoms with Crippen LogP contribution in [0.2, 0.25) is 0 Å². The Morgan fingerprint density at radius 3 is 2.64 bits per heavy atom. The number of nitrogens with two attached hydrogens (primary N) is 1. The van der Waals surface area contributed by atoms with Crippen molar-refractivity contribution in [2.75, 3.05) is 5.73 Å². The van der Waals surface area contributed by atoms with Gasteiger partial charge < -0.3 is 5.73 Å². The minimum Gasteiger partial charge on any atom is -0.397 e. The van der Waals surface area contributed by atoms with E-state index in [-0.39, 0.29) is 0 Å². The molecule has 0 atom stereocenters. The van der Waals surface area contributed by atoms with Crippen LogP contribution >= 0.6 is 0 Å². The second-order valence-corrected chi connectivity index (χ2v) is 3.09. The van der Waals surface area contributed by atoms with E-state index in [0.717, 1.165) is 17.1 Å². The van der Waals surface area contributed by atoms with Crippen molar-refractivity contribution in [1.82, 2.24) is 20.0 Å². The van der Waals surface area contributed by atoms with E-state index < -0.39 is 0 Å². The molecule has 0 aliphatic rings. The Balaban J connectivity index is 2.47. The number of hydrogen-bond donors (Lipinski definition) is 1. The molecule has 0 saturated heterocycles. The smallest absolute Gasteiger partial charge is 0.131 e. The van der Waals surface area contributed by atoms with Crippen LogP contribution in [0.15, 0.2) is 18.3 Å². The van der Waals surface area contributed by atoms with Crippen LogP contribution in [-0.4, -0.2) is 20.0 Å². The van der Waals surface area contributed by atoms with E-state index in [1.54, 1.807) is 13.2 Å². The van der Waals surface area contributed by atoms with Crippen molar-refractivity contribution in [1.29, 1.82) is 0 Å². The molecule has 0 spiro atoms. The molecule has 0 saturated carbocycles. The fourth-order valence-corrected chi connectivity index (χ4v) is 1.18. The van der Waals surface area contributed by atoms with Gasteiger partial charge in [-0.25, -0.2) is 4.98 Å². The molecule has 72 valence electrons. The highest BCUT2D eigenvalue weighted by Crippen LogP contribution is 2.16. The Morgan fingerprint density at radius 1 is 1.29 bits per heavy atom. The van der Waals surface area contributed by atoms with Gasteiger partial charge in [0, 0.05) is 7.05 Å². The highest BCUT2D eigenvalue weighted by molar-refractivity contribution is 5.56. The number of aromatic nitrogens is 4. The molecule has 5 heteroatoms. The van der Waals surface area contributed by atoms with Gasteiger partial charge in [-0.2, -0.15) is 15.0 Å². The van der Waals surface area contributed by atoms with E-state index >= 15 is 0 Å². The molecule has 2 N–H and O–H groups in total. The lowest BCUT2D eigenvalue weighted by Gasteiger charge is -2.00. The molecule has 0 aliphatic heterocycles. The lowest BCUT2D eigenvalue weighted by molar-refractivity contribution is 0.655. The summed E-state index contributed by atoms with van der Waals surface area (Å²) < 4.78 is 0. The second-order valence-electron chi connectivity index (χ2n) is 3.09. The molecule has 0 aromatic carbocycles. The van der Waals surface area contributed by atoms with Gasteiger partial charge in [0.2, 0.25) is 0 Å². The van der Waals surface area contributed by atoms with Crippen LogP contribution < -0.4 is 5.73 Å². The van der Waals surface area contributed by atoms with Crippen LogP contribution in [0.3, 0.4) is 0 Å². The summed E-state index contributed by atoms with van der Waals surface area (Å²) in [6, 6.07) is 3.67. The Morgan fingerprint density at radius 2 is 2.07 bits per heavy atom. The SMILES string of the molecule is Cc1nc(-c2cnn(C)n2)ccc1N. The number of aryl methyl sites for hydroxylation is 2. The van der Waals surface area contributed by atoms with Crippen molar-refractivity contribution in [2.45, 2.75) is 6.92 Å². The first-order valence-electron chi connectivity index (χ1n) is 4.26. The zero-order chi connectivity index (χ0) is 10.1. The van der Waals surface area contributed by atoms with Crippen molar-refractivity contribution in [3.05, 3.63) is 24.0 Å². The van der Waals surface area contributed by atoms with E-state index in [4.69, 9.17) is 5.73 Å². The average Bonchev–Trinajstić information content (AvgIpc) is 2.57. The van der Waals surface area contributed by atoms with Crippen molar-refractivity contribution in [3.63, 3.8) is 0 Å². The van der Waals surface area contributed by atoms with Crippen LogP contribution in [-0.2, 0) is 7.05 Å². The third-order valence-electron chi connectivity index (χ3n) is 1.99. The standard InChI is InChI=1S/C9H11N5/c1-6-7(10)3-4-8(12-6)9-5-11-14(2)13-9/h3-5H,10H2,1-2H3. The Hall–Kier alpha value is -1.91. The summed E-state index contributed by atoms with van der Waals surface area (Å²) in [6.45, 7) is 1.87. The normalized spacial score (nSPS) is 10.4. The molecule has 2 aromatic heterocycles. The Labute approximate surface area is 81.6 Å². The lowest BCUT2D eigenvalue weighted by Crippen LogP contribution is -1.95. The summed E-state index contributed by atoms with van der Waals surface area (Å²) in [5.41, 5.74) is 8.73. The van der Waals surface area contributed by atoms with Gasteiger partial charge in [0.1, 0.15) is 5.69 Å². The van der Waals surface area contributed by atoms with Crippen LogP contribution in [0.4, 0.5) is 5.69 Å². The largest absolute Gasteiger partial charge is 0.397 e. The molecule has 0 unspecified atom stereocenters. The number of nitrogen functional groups attached to an aromatic ring is 1. The van der Waals surface area contributed by atoms with Crippen molar-refractivity contribution in [2.24, 2.45) is 7.05 Å². The maximum absolute atomic E-state index is 5.67. The Bertz CT molecular complexity index is 460. The summed E-state index contributed by atoms with van der Waals surface area (Å²) in [5.74, 6) is 0. The summed E-state index contributed by atoms with van der Waals surface area (Å²) in [4.78, 5) is 5.82. The first-order chi connectivity index (χ1) is 6.66. The fourth-order valence-electron chi connectivity index (χ4n) is 1.18. The second kappa shape index (κ2) is 3.10.